The van der Waals surface area contributed by atoms with Crippen molar-refractivity contribution in [1.82, 2.24) is 4.90 Å². The lowest BCUT2D eigenvalue weighted by atomic mass is 9.91. The minimum absolute atomic E-state index is 1.09. The highest BCUT2D eigenvalue weighted by molar-refractivity contribution is 4.81. The zero-order valence-corrected chi connectivity index (χ0v) is 5.97. The van der Waals surface area contributed by atoms with Gasteiger partial charge in [-0.05, 0) is 25.3 Å². The third-order valence-electron chi connectivity index (χ3n) is 2.62. The van der Waals surface area contributed by atoms with Gasteiger partial charge in [-0.1, -0.05) is 12.8 Å². The molecule has 0 amide bonds. The topological polar surface area (TPSA) is 3.24 Å². The van der Waals surface area contributed by atoms with Gasteiger partial charge in [0.15, 0.2) is 0 Å². The molecule has 52 valence electrons. The van der Waals surface area contributed by atoms with Gasteiger partial charge in [-0.15, -0.1) is 0 Å². The molecule has 0 unspecified atom stereocenters. The van der Waals surface area contributed by atoms with E-state index in [1.807, 2.05) is 0 Å². The van der Waals surface area contributed by atoms with Gasteiger partial charge in [0.25, 0.3) is 0 Å². The van der Waals surface area contributed by atoms with Crippen molar-refractivity contribution in [2.45, 2.75) is 25.7 Å². The maximum atomic E-state index is 2.59. The second kappa shape index (κ2) is 2.30. The first-order valence-electron chi connectivity index (χ1n) is 4.17. The summed E-state index contributed by atoms with van der Waals surface area (Å²) in [5, 5.41) is 0. The lowest BCUT2D eigenvalue weighted by Crippen LogP contribution is -2.47. The Hall–Kier alpha value is -0.0400. The number of fused-ring (bicyclic) bond motifs is 4. The van der Waals surface area contributed by atoms with Crippen LogP contribution in [0.5, 0.6) is 0 Å². The zero-order chi connectivity index (χ0) is 6.10. The Balaban J connectivity index is 1.85. The van der Waals surface area contributed by atoms with Crippen LogP contribution in [0, 0.1) is 5.92 Å². The number of rotatable bonds is 0. The Morgan fingerprint density at radius 3 is 2.78 bits per heavy atom. The van der Waals surface area contributed by atoms with E-state index in [0.29, 0.717) is 0 Å². The molecule has 3 heterocycles. The molecule has 0 aromatic carbocycles. The van der Waals surface area contributed by atoms with E-state index in [1.165, 1.54) is 45.3 Å². The van der Waals surface area contributed by atoms with E-state index in [4.69, 9.17) is 0 Å². The number of hydrogen-bond donors (Lipinski definition) is 0. The SMILES string of the molecule is C1CCC2CN(CC1)C2. The fraction of sp³-hybridized carbons (Fsp3) is 1.00. The van der Waals surface area contributed by atoms with Crippen molar-refractivity contribution in [2.75, 3.05) is 19.6 Å². The monoisotopic (exact) mass is 125 g/mol. The van der Waals surface area contributed by atoms with E-state index in [-0.39, 0.29) is 0 Å². The van der Waals surface area contributed by atoms with Crippen molar-refractivity contribution in [2.24, 2.45) is 5.92 Å². The van der Waals surface area contributed by atoms with Gasteiger partial charge in [-0.25, -0.2) is 0 Å². The quantitative estimate of drug-likeness (QED) is 0.474. The Bertz CT molecular complexity index is 79.2. The van der Waals surface area contributed by atoms with E-state index in [0.717, 1.165) is 5.92 Å². The van der Waals surface area contributed by atoms with Crippen LogP contribution in [0.1, 0.15) is 25.7 Å². The summed E-state index contributed by atoms with van der Waals surface area (Å²) in [5.41, 5.74) is 0. The van der Waals surface area contributed by atoms with Crippen LogP contribution >= 0.6 is 0 Å². The Morgan fingerprint density at radius 1 is 1.00 bits per heavy atom. The van der Waals surface area contributed by atoms with E-state index in [9.17, 15) is 0 Å². The van der Waals surface area contributed by atoms with Gasteiger partial charge in [0.1, 0.15) is 0 Å². The molecule has 0 N–H and O–H groups in total. The van der Waals surface area contributed by atoms with Gasteiger partial charge in [0.2, 0.25) is 0 Å². The maximum absolute atomic E-state index is 2.59. The minimum Gasteiger partial charge on any atom is -0.303 e. The average Bonchev–Trinajstić information content (AvgIpc) is 1.54. The van der Waals surface area contributed by atoms with Crippen molar-refractivity contribution in [1.29, 1.82) is 0 Å². The highest BCUT2D eigenvalue weighted by atomic mass is 15.2. The summed E-state index contributed by atoms with van der Waals surface area (Å²) in [4.78, 5) is 2.59. The van der Waals surface area contributed by atoms with Crippen molar-refractivity contribution in [3.8, 4) is 0 Å². The largest absolute Gasteiger partial charge is 0.303 e. The maximum Gasteiger partial charge on any atom is 0.00220 e. The third kappa shape index (κ3) is 1.11. The fourth-order valence-corrected chi connectivity index (χ4v) is 1.99. The van der Waals surface area contributed by atoms with Crippen LogP contribution < -0.4 is 0 Å². The molecule has 0 radical (unpaired) electrons. The molecule has 1 nitrogen and oxygen atoms in total. The second-order valence-corrected chi connectivity index (χ2v) is 3.47. The lowest BCUT2D eigenvalue weighted by molar-refractivity contribution is 0.0775. The molecule has 3 aliphatic rings. The van der Waals surface area contributed by atoms with Gasteiger partial charge in [0, 0.05) is 13.1 Å². The molecule has 9 heavy (non-hydrogen) atoms. The first kappa shape index (κ1) is 5.72. The predicted molar refractivity (Wildman–Crippen MR) is 38.4 cm³/mol. The van der Waals surface area contributed by atoms with Crippen LogP contribution in [0.3, 0.4) is 0 Å². The summed E-state index contributed by atoms with van der Waals surface area (Å²) in [6, 6.07) is 0. The van der Waals surface area contributed by atoms with Gasteiger partial charge in [-0.2, -0.15) is 0 Å². The molecule has 0 aliphatic carbocycles. The standard InChI is InChI=1S/C8H15N/c1-2-4-8-6-9(7-8)5-3-1/h8H,1-7H2. The van der Waals surface area contributed by atoms with Crippen molar-refractivity contribution >= 4 is 0 Å². The van der Waals surface area contributed by atoms with E-state index < -0.39 is 0 Å². The second-order valence-electron chi connectivity index (χ2n) is 3.47. The lowest BCUT2D eigenvalue weighted by Gasteiger charge is -2.41. The van der Waals surface area contributed by atoms with Crippen molar-refractivity contribution < 1.29 is 0 Å². The summed E-state index contributed by atoms with van der Waals surface area (Å²) in [7, 11) is 0. The zero-order valence-electron chi connectivity index (χ0n) is 5.97. The third-order valence-corrected chi connectivity index (χ3v) is 2.62. The summed E-state index contributed by atoms with van der Waals surface area (Å²) in [6.45, 7) is 4.22. The molecule has 2 bridgehead atoms. The summed E-state index contributed by atoms with van der Waals surface area (Å²) >= 11 is 0. The molecule has 0 spiro atoms. The summed E-state index contributed by atoms with van der Waals surface area (Å²) in [5.74, 6) is 1.09. The molecule has 3 rings (SSSR count). The van der Waals surface area contributed by atoms with Gasteiger partial charge in [0.05, 0.1) is 0 Å². The molecular formula is C8H15N. The molecule has 3 aliphatic heterocycles. The minimum atomic E-state index is 1.09. The van der Waals surface area contributed by atoms with Crippen LogP contribution in [-0.4, -0.2) is 24.5 Å². The molecule has 3 saturated heterocycles. The molecular weight excluding hydrogens is 110 g/mol. The fourth-order valence-electron chi connectivity index (χ4n) is 1.99. The van der Waals surface area contributed by atoms with Crippen LogP contribution in [0.15, 0.2) is 0 Å². The molecule has 0 aromatic rings. The Morgan fingerprint density at radius 2 is 1.89 bits per heavy atom. The van der Waals surface area contributed by atoms with Gasteiger partial charge >= 0.3 is 0 Å². The van der Waals surface area contributed by atoms with Crippen LogP contribution in [0.2, 0.25) is 0 Å². The smallest absolute Gasteiger partial charge is 0.00220 e. The molecule has 3 fully saturated rings. The van der Waals surface area contributed by atoms with Gasteiger partial charge < -0.3 is 4.90 Å². The van der Waals surface area contributed by atoms with E-state index >= 15 is 0 Å². The average molecular weight is 125 g/mol. The highest BCUT2D eigenvalue weighted by Gasteiger charge is 2.26. The van der Waals surface area contributed by atoms with Gasteiger partial charge in [-0.3, -0.25) is 0 Å². The number of hydrogen-bond acceptors (Lipinski definition) is 1. The van der Waals surface area contributed by atoms with Crippen LogP contribution in [0.4, 0.5) is 0 Å². The molecule has 0 saturated carbocycles. The number of nitrogens with zero attached hydrogens (tertiary/aromatic N) is 1. The van der Waals surface area contributed by atoms with Crippen LogP contribution in [-0.2, 0) is 0 Å². The first-order chi connectivity index (χ1) is 4.45. The van der Waals surface area contributed by atoms with E-state index in [1.54, 1.807) is 0 Å². The van der Waals surface area contributed by atoms with Crippen molar-refractivity contribution in [3.05, 3.63) is 0 Å². The van der Waals surface area contributed by atoms with E-state index in [2.05, 4.69) is 4.90 Å². The first-order valence-corrected chi connectivity index (χ1v) is 4.17. The Kier molecular flexibility index (Phi) is 1.46. The van der Waals surface area contributed by atoms with Crippen molar-refractivity contribution in [3.63, 3.8) is 0 Å². The highest BCUT2D eigenvalue weighted by Crippen LogP contribution is 2.24. The Labute approximate surface area is 57.0 Å². The predicted octanol–water partition coefficient (Wildman–Crippen LogP) is 1.49. The normalized spacial score (nSPS) is 42.7. The van der Waals surface area contributed by atoms with Crippen LogP contribution in [0.25, 0.3) is 0 Å². The summed E-state index contributed by atoms with van der Waals surface area (Å²) < 4.78 is 0. The molecule has 0 aromatic heterocycles. The molecule has 0 atom stereocenters. The molecule has 1 heteroatoms. The summed E-state index contributed by atoms with van der Waals surface area (Å²) in [6.07, 6.45) is 5.94.